The Morgan fingerprint density at radius 1 is 1.38 bits per heavy atom. The van der Waals surface area contributed by atoms with E-state index in [-0.39, 0.29) is 12.5 Å². The van der Waals surface area contributed by atoms with Crippen molar-refractivity contribution in [1.82, 2.24) is 14.6 Å². The summed E-state index contributed by atoms with van der Waals surface area (Å²) in [7, 11) is 0. The minimum Gasteiger partial charge on any atom is -0.393 e. The fourth-order valence-electron chi connectivity index (χ4n) is 3.25. The number of alkyl halides is 2. The van der Waals surface area contributed by atoms with Crippen molar-refractivity contribution < 1.29 is 13.9 Å². The number of rotatable bonds is 5. The molecule has 1 aliphatic rings. The summed E-state index contributed by atoms with van der Waals surface area (Å²) in [5.41, 5.74) is 1.92. The van der Waals surface area contributed by atoms with Gasteiger partial charge in [-0.3, -0.25) is 0 Å². The number of aromatic nitrogens is 3. The van der Waals surface area contributed by atoms with Gasteiger partial charge in [-0.1, -0.05) is 0 Å². The molecule has 24 heavy (non-hydrogen) atoms. The van der Waals surface area contributed by atoms with E-state index in [0.29, 0.717) is 11.9 Å². The molecule has 0 bridgehead atoms. The molecule has 1 aliphatic carbocycles. The monoisotopic (exact) mass is 402 g/mol. The van der Waals surface area contributed by atoms with Crippen LogP contribution >= 0.6 is 15.9 Å². The predicted molar refractivity (Wildman–Crippen MR) is 91.6 cm³/mol. The summed E-state index contributed by atoms with van der Waals surface area (Å²) in [6, 6.07) is 1.63. The summed E-state index contributed by atoms with van der Waals surface area (Å²) in [5, 5.41) is 17.1. The Morgan fingerprint density at radius 3 is 2.75 bits per heavy atom. The number of anilines is 1. The van der Waals surface area contributed by atoms with Crippen LogP contribution in [0.3, 0.4) is 0 Å². The molecule has 1 atom stereocenters. The van der Waals surface area contributed by atoms with Gasteiger partial charge in [-0.25, -0.2) is 18.3 Å². The van der Waals surface area contributed by atoms with Gasteiger partial charge in [0.1, 0.15) is 0 Å². The number of hydrogen-bond donors (Lipinski definition) is 2. The standard InChI is InChI=1S/C16H21BrF2N4O/c1-9(6-15(18)19)21-16-20-8-14-12(17)7-13(23(14)22-16)10-2-4-11(24)5-3-10/h7-11,15,24H,2-6H2,1H3,(H,21,22)/t9?,10-,11-. The lowest BCUT2D eigenvalue weighted by Crippen LogP contribution is -2.21. The first-order valence-electron chi connectivity index (χ1n) is 8.21. The molecule has 0 saturated heterocycles. The van der Waals surface area contributed by atoms with E-state index in [4.69, 9.17) is 0 Å². The normalized spacial score (nSPS) is 22.9. The van der Waals surface area contributed by atoms with Crippen molar-refractivity contribution in [3.05, 3.63) is 22.4 Å². The van der Waals surface area contributed by atoms with Crippen LogP contribution in [-0.2, 0) is 0 Å². The molecule has 1 saturated carbocycles. The first-order valence-corrected chi connectivity index (χ1v) is 9.00. The quantitative estimate of drug-likeness (QED) is 0.793. The van der Waals surface area contributed by atoms with Crippen LogP contribution in [0.2, 0.25) is 0 Å². The summed E-state index contributed by atoms with van der Waals surface area (Å²) in [6.07, 6.45) is 2.27. The molecule has 0 aliphatic heterocycles. The van der Waals surface area contributed by atoms with Crippen LogP contribution in [0.4, 0.5) is 14.7 Å². The average molecular weight is 403 g/mol. The van der Waals surface area contributed by atoms with Crippen LogP contribution < -0.4 is 5.32 Å². The van der Waals surface area contributed by atoms with Gasteiger partial charge in [-0.15, -0.1) is 5.10 Å². The maximum absolute atomic E-state index is 12.5. The highest BCUT2D eigenvalue weighted by atomic mass is 79.9. The first-order chi connectivity index (χ1) is 11.4. The molecule has 3 rings (SSSR count). The number of fused-ring (bicyclic) bond motifs is 1. The summed E-state index contributed by atoms with van der Waals surface area (Å²) < 4.78 is 27.7. The van der Waals surface area contributed by atoms with Crippen molar-refractivity contribution >= 4 is 27.4 Å². The van der Waals surface area contributed by atoms with Crippen molar-refractivity contribution in [1.29, 1.82) is 0 Å². The number of nitrogens with one attached hydrogen (secondary N) is 1. The van der Waals surface area contributed by atoms with E-state index in [1.165, 1.54) is 0 Å². The van der Waals surface area contributed by atoms with Gasteiger partial charge in [0, 0.05) is 28.5 Å². The van der Waals surface area contributed by atoms with Crippen molar-refractivity contribution in [2.24, 2.45) is 0 Å². The Bertz CT molecular complexity index is 701. The average Bonchev–Trinajstić information content (AvgIpc) is 2.84. The fraction of sp³-hybridized carbons (Fsp3) is 0.625. The first kappa shape index (κ1) is 17.5. The Hall–Kier alpha value is -1.28. The lowest BCUT2D eigenvalue weighted by atomic mass is 9.85. The topological polar surface area (TPSA) is 62.5 Å². The highest BCUT2D eigenvalue weighted by molar-refractivity contribution is 9.10. The third-order valence-corrected chi connectivity index (χ3v) is 5.15. The van der Waals surface area contributed by atoms with Crippen LogP contribution in [0.5, 0.6) is 0 Å². The van der Waals surface area contributed by atoms with E-state index in [9.17, 15) is 13.9 Å². The number of halogens is 3. The molecule has 0 radical (unpaired) electrons. The van der Waals surface area contributed by atoms with E-state index in [0.717, 1.165) is 41.4 Å². The second kappa shape index (κ2) is 7.31. The maximum atomic E-state index is 12.5. The zero-order valence-corrected chi connectivity index (χ0v) is 15.0. The SMILES string of the molecule is CC(CC(F)F)Nc1ncc2c(Br)cc([C@H]3CC[C@H](O)CC3)n2n1. The van der Waals surface area contributed by atoms with E-state index in [1.807, 2.05) is 10.6 Å². The van der Waals surface area contributed by atoms with Gasteiger partial charge in [-0.05, 0) is 54.6 Å². The van der Waals surface area contributed by atoms with E-state index in [2.05, 4.69) is 31.3 Å². The minimum absolute atomic E-state index is 0.210. The smallest absolute Gasteiger partial charge is 0.241 e. The molecule has 0 aromatic carbocycles. The van der Waals surface area contributed by atoms with Gasteiger partial charge in [0.2, 0.25) is 12.4 Å². The molecule has 2 aromatic rings. The number of hydrogen-bond acceptors (Lipinski definition) is 4. The summed E-state index contributed by atoms with van der Waals surface area (Å²) in [4.78, 5) is 4.23. The summed E-state index contributed by atoms with van der Waals surface area (Å²) in [5.74, 6) is 0.671. The molecule has 0 spiro atoms. The van der Waals surface area contributed by atoms with Gasteiger partial charge in [0.05, 0.1) is 17.8 Å². The lowest BCUT2D eigenvalue weighted by Gasteiger charge is -2.25. The number of aliphatic hydroxyl groups excluding tert-OH is 1. The van der Waals surface area contributed by atoms with E-state index < -0.39 is 12.5 Å². The second-order valence-electron chi connectivity index (χ2n) is 6.47. The van der Waals surface area contributed by atoms with Crippen molar-refractivity contribution in [2.45, 2.75) is 63.5 Å². The minimum atomic E-state index is -2.36. The number of aliphatic hydroxyl groups is 1. The Labute approximate surface area is 147 Å². The zero-order chi connectivity index (χ0) is 17.3. The van der Waals surface area contributed by atoms with Crippen molar-refractivity contribution in [3.63, 3.8) is 0 Å². The third-order valence-electron chi connectivity index (χ3n) is 4.52. The Kier molecular flexibility index (Phi) is 5.34. The molecule has 1 unspecified atom stereocenters. The van der Waals surface area contributed by atoms with E-state index in [1.54, 1.807) is 13.1 Å². The van der Waals surface area contributed by atoms with Crippen LogP contribution in [-0.4, -0.2) is 38.3 Å². The number of nitrogens with zero attached hydrogens (tertiary/aromatic N) is 3. The molecule has 2 aromatic heterocycles. The molecule has 8 heteroatoms. The Morgan fingerprint density at radius 2 is 2.08 bits per heavy atom. The van der Waals surface area contributed by atoms with Gasteiger partial charge in [0.15, 0.2) is 0 Å². The van der Waals surface area contributed by atoms with Crippen LogP contribution in [0.1, 0.15) is 50.6 Å². The third kappa shape index (κ3) is 3.85. The fourth-order valence-corrected chi connectivity index (χ4v) is 3.76. The predicted octanol–water partition coefficient (Wildman–Crippen LogP) is 3.97. The van der Waals surface area contributed by atoms with Gasteiger partial charge in [-0.2, -0.15) is 0 Å². The van der Waals surface area contributed by atoms with Crippen LogP contribution in [0, 0.1) is 0 Å². The highest BCUT2D eigenvalue weighted by Crippen LogP contribution is 2.36. The molecule has 0 amide bonds. The molecular weight excluding hydrogens is 382 g/mol. The van der Waals surface area contributed by atoms with Gasteiger partial charge in [0.25, 0.3) is 0 Å². The highest BCUT2D eigenvalue weighted by Gasteiger charge is 2.25. The summed E-state index contributed by atoms with van der Waals surface area (Å²) in [6.45, 7) is 1.69. The van der Waals surface area contributed by atoms with Crippen LogP contribution in [0.25, 0.3) is 5.52 Å². The largest absolute Gasteiger partial charge is 0.393 e. The Balaban J connectivity index is 1.86. The maximum Gasteiger partial charge on any atom is 0.241 e. The molecular formula is C16H21BrF2N4O. The van der Waals surface area contributed by atoms with E-state index >= 15 is 0 Å². The molecule has 2 heterocycles. The van der Waals surface area contributed by atoms with Gasteiger partial charge >= 0.3 is 0 Å². The molecule has 1 fully saturated rings. The van der Waals surface area contributed by atoms with Crippen LogP contribution in [0.15, 0.2) is 16.7 Å². The summed E-state index contributed by atoms with van der Waals surface area (Å²) >= 11 is 3.53. The van der Waals surface area contributed by atoms with Gasteiger partial charge < -0.3 is 10.4 Å². The van der Waals surface area contributed by atoms with Crippen molar-refractivity contribution in [2.75, 3.05) is 5.32 Å². The second-order valence-corrected chi connectivity index (χ2v) is 7.33. The zero-order valence-electron chi connectivity index (χ0n) is 13.4. The molecule has 5 nitrogen and oxygen atoms in total. The molecule has 2 N–H and O–H groups in total. The molecule has 132 valence electrons. The van der Waals surface area contributed by atoms with Crippen molar-refractivity contribution in [3.8, 4) is 0 Å². The lowest BCUT2D eigenvalue weighted by molar-refractivity contribution is 0.121.